The van der Waals surface area contributed by atoms with E-state index in [-0.39, 0.29) is 17.4 Å². The van der Waals surface area contributed by atoms with Crippen LogP contribution in [0.1, 0.15) is 40.6 Å². The highest BCUT2D eigenvalue weighted by atomic mass is 16.5. The van der Waals surface area contributed by atoms with E-state index in [0.29, 0.717) is 24.6 Å². The molecule has 0 aromatic carbocycles. The summed E-state index contributed by atoms with van der Waals surface area (Å²) in [5, 5.41) is 9.17. The molecule has 6 heteroatoms. The number of nitrogens with zero attached hydrogens (tertiary/aromatic N) is 2. The quantitative estimate of drug-likeness (QED) is 0.794. The zero-order valence-corrected chi connectivity index (χ0v) is 9.64. The van der Waals surface area contributed by atoms with Crippen molar-refractivity contribution in [2.75, 3.05) is 18.9 Å². The Kier molecular flexibility index (Phi) is 3.23. The summed E-state index contributed by atoms with van der Waals surface area (Å²) in [6.07, 6.45) is 1.52. The van der Waals surface area contributed by atoms with E-state index in [0.717, 1.165) is 12.8 Å². The van der Waals surface area contributed by atoms with Crippen LogP contribution in [0.2, 0.25) is 0 Å². The first-order chi connectivity index (χ1) is 8.09. The number of carboxylic acids is 1. The normalized spacial score (nSPS) is 17.0. The van der Waals surface area contributed by atoms with Crippen LogP contribution >= 0.6 is 0 Å². The standard InChI is InChI=1S/C11H15N3O3/c1-6-13-9(11(15)16)8(10(12)14-6)7-2-4-17-5-3-7/h7H,2-5H2,1H3,(H,15,16)(H2,12,13,14). The molecule has 2 heterocycles. The first-order valence-electron chi connectivity index (χ1n) is 5.54. The highest BCUT2D eigenvalue weighted by Gasteiger charge is 2.26. The van der Waals surface area contributed by atoms with Crippen molar-refractivity contribution in [3.63, 3.8) is 0 Å². The summed E-state index contributed by atoms with van der Waals surface area (Å²) in [5.41, 5.74) is 6.43. The lowest BCUT2D eigenvalue weighted by Crippen LogP contribution is -2.20. The second kappa shape index (κ2) is 4.67. The van der Waals surface area contributed by atoms with E-state index in [9.17, 15) is 4.79 Å². The van der Waals surface area contributed by atoms with Crippen molar-refractivity contribution in [1.29, 1.82) is 0 Å². The monoisotopic (exact) mass is 237 g/mol. The molecule has 0 radical (unpaired) electrons. The number of aromatic nitrogens is 2. The van der Waals surface area contributed by atoms with E-state index in [1.807, 2.05) is 0 Å². The lowest BCUT2D eigenvalue weighted by atomic mass is 9.90. The van der Waals surface area contributed by atoms with Gasteiger partial charge in [0.05, 0.1) is 0 Å². The van der Waals surface area contributed by atoms with Gasteiger partial charge in [0.2, 0.25) is 0 Å². The minimum absolute atomic E-state index is 0.0295. The fourth-order valence-corrected chi connectivity index (χ4v) is 2.15. The first kappa shape index (κ1) is 11.8. The molecular formula is C11H15N3O3. The summed E-state index contributed by atoms with van der Waals surface area (Å²) in [4.78, 5) is 19.2. The average molecular weight is 237 g/mol. The fourth-order valence-electron chi connectivity index (χ4n) is 2.15. The van der Waals surface area contributed by atoms with Gasteiger partial charge in [0.15, 0.2) is 5.69 Å². The molecule has 92 valence electrons. The van der Waals surface area contributed by atoms with Gasteiger partial charge in [0.25, 0.3) is 0 Å². The molecule has 17 heavy (non-hydrogen) atoms. The summed E-state index contributed by atoms with van der Waals surface area (Å²) in [7, 11) is 0. The molecule has 0 aliphatic carbocycles. The van der Waals surface area contributed by atoms with E-state index in [4.69, 9.17) is 15.6 Å². The van der Waals surface area contributed by atoms with Crippen LogP contribution in [0.5, 0.6) is 0 Å². The van der Waals surface area contributed by atoms with Crippen LogP contribution in [0.4, 0.5) is 5.82 Å². The van der Waals surface area contributed by atoms with Crippen molar-refractivity contribution >= 4 is 11.8 Å². The third kappa shape index (κ3) is 2.36. The van der Waals surface area contributed by atoms with Crippen molar-refractivity contribution in [2.45, 2.75) is 25.7 Å². The van der Waals surface area contributed by atoms with Crippen molar-refractivity contribution in [3.8, 4) is 0 Å². The number of hydrogen-bond donors (Lipinski definition) is 2. The van der Waals surface area contributed by atoms with Crippen LogP contribution < -0.4 is 5.73 Å². The molecule has 0 spiro atoms. The number of ether oxygens (including phenoxy) is 1. The van der Waals surface area contributed by atoms with Crippen molar-refractivity contribution < 1.29 is 14.6 Å². The van der Waals surface area contributed by atoms with Gasteiger partial charge in [-0.3, -0.25) is 0 Å². The van der Waals surface area contributed by atoms with Crippen LogP contribution in [-0.2, 0) is 4.74 Å². The van der Waals surface area contributed by atoms with Crippen LogP contribution in [-0.4, -0.2) is 34.3 Å². The van der Waals surface area contributed by atoms with Crippen LogP contribution in [0.25, 0.3) is 0 Å². The predicted molar refractivity (Wildman–Crippen MR) is 60.9 cm³/mol. The van der Waals surface area contributed by atoms with Crippen molar-refractivity contribution in [2.24, 2.45) is 0 Å². The molecule has 2 rings (SSSR count). The number of anilines is 1. The highest BCUT2D eigenvalue weighted by molar-refractivity contribution is 5.88. The topological polar surface area (TPSA) is 98.3 Å². The minimum atomic E-state index is -1.05. The maximum Gasteiger partial charge on any atom is 0.355 e. The number of carboxylic acid groups (broad SMARTS) is 1. The number of carbonyl (C=O) groups is 1. The zero-order valence-electron chi connectivity index (χ0n) is 9.64. The Morgan fingerprint density at radius 2 is 2.06 bits per heavy atom. The van der Waals surface area contributed by atoms with Gasteiger partial charge in [0, 0.05) is 18.8 Å². The third-order valence-corrected chi connectivity index (χ3v) is 2.92. The van der Waals surface area contributed by atoms with Crippen molar-refractivity contribution in [1.82, 2.24) is 9.97 Å². The van der Waals surface area contributed by atoms with Gasteiger partial charge in [-0.25, -0.2) is 14.8 Å². The summed E-state index contributed by atoms with van der Waals surface area (Å²) in [5.74, 6) is -0.309. The zero-order chi connectivity index (χ0) is 12.4. The summed E-state index contributed by atoms with van der Waals surface area (Å²) in [6.45, 7) is 2.88. The van der Waals surface area contributed by atoms with Gasteiger partial charge < -0.3 is 15.6 Å². The highest BCUT2D eigenvalue weighted by Crippen LogP contribution is 2.32. The van der Waals surface area contributed by atoms with E-state index >= 15 is 0 Å². The maximum atomic E-state index is 11.2. The van der Waals surface area contributed by atoms with Gasteiger partial charge >= 0.3 is 5.97 Å². The molecule has 3 N–H and O–H groups in total. The summed E-state index contributed by atoms with van der Waals surface area (Å²) >= 11 is 0. The number of nitrogen functional groups attached to an aromatic ring is 1. The molecule has 1 aromatic heterocycles. The lowest BCUT2D eigenvalue weighted by molar-refractivity contribution is 0.0677. The van der Waals surface area contributed by atoms with Gasteiger partial charge in [0.1, 0.15) is 11.6 Å². The van der Waals surface area contributed by atoms with E-state index < -0.39 is 5.97 Å². The Bertz CT molecular complexity index is 442. The fraction of sp³-hybridized carbons (Fsp3) is 0.545. The molecule has 1 saturated heterocycles. The number of hydrogen-bond acceptors (Lipinski definition) is 5. The Labute approximate surface area is 98.8 Å². The van der Waals surface area contributed by atoms with Gasteiger partial charge in [-0.2, -0.15) is 0 Å². The number of rotatable bonds is 2. The number of aromatic carboxylic acids is 1. The smallest absolute Gasteiger partial charge is 0.355 e. The molecule has 1 aliphatic heterocycles. The first-order valence-corrected chi connectivity index (χ1v) is 5.54. The SMILES string of the molecule is Cc1nc(N)c(C2CCOCC2)c(C(=O)O)n1. The Morgan fingerprint density at radius 3 is 2.65 bits per heavy atom. The van der Waals surface area contributed by atoms with Gasteiger partial charge in [-0.1, -0.05) is 0 Å². The van der Waals surface area contributed by atoms with Crippen molar-refractivity contribution in [3.05, 3.63) is 17.1 Å². The molecule has 0 bridgehead atoms. The molecule has 1 aromatic rings. The molecule has 1 aliphatic rings. The molecule has 0 amide bonds. The summed E-state index contributed by atoms with van der Waals surface area (Å²) in [6, 6.07) is 0. The predicted octanol–water partition coefficient (Wildman–Crippen LogP) is 0.959. The largest absolute Gasteiger partial charge is 0.476 e. The Balaban J connectivity index is 2.46. The van der Waals surface area contributed by atoms with Gasteiger partial charge in [-0.05, 0) is 25.7 Å². The molecule has 0 unspecified atom stereocenters. The minimum Gasteiger partial charge on any atom is -0.476 e. The second-order valence-corrected chi connectivity index (χ2v) is 4.11. The number of nitrogens with two attached hydrogens (primary N) is 1. The third-order valence-electron chi connectivity index (χ3n) is 2.92. The van der Waals surface area contributed by atoms with Gasteiger partial charge in [-0.15, -0.1) is 0 Å². The molecule has 1 fully saturated rings. The van der Waals surface area contributed by atoms with Crippen LogP contribution in [0, 0.1) is 6.92 Å². The molecule has 0 atom stereocenters. The van der Waals surface area contributed by atoms with Crippen LogP contribution in [0.3, 0.4) is 0 Å². The maximum absolute atomic E-state index is 11.2. The lowest BCUT2D eigenvalue weighted by Gasteiger charge is -2.24. The second-order valence-electron chi connectivity index (χ2n) is 4.11. The Hall–Kier alpha value is -1.69. The van der Waals surface area contributed by atoms with E-state index in [2.05, 4.69) is 9.97 Å². The van der Waals surface area contributed by atoms with E-state index in [1.54, 1.807) is 6.92 Å². The van der Waals surface area contributed by atoms with Crippen LogP contribution in [0.15, 0.2) is 0 Å². The molecule has 6 nitrogen and oxygen atoms in total. The molecule has 0 saturated carbocycles. The average Bonchev–Trinajstić information content (AvgIpc) is 2.29. The number of aryl methyl sites for hydroxylation is 1. The Morgan fingerprint density at radius 1 is 1.41 bits per heavy atom. The van der Waals surface area contributed by atoms with E-state index in [1.165, 1.54) is 0 Å². The summed E-state index contributed by atoms with van der Waals surface area (Å²) < 4.78 is 5.26. The molecular weight excluding hydrogens is 222 g/mol.